The van der Waals surface area contributed by atoms with Crippen LogP contribution in [0.5, 0.6) is 0 Å². The van der Waals surface area contributed by atoms with E-state index in [0.29, 0.717) is 0 Å². The zero-order valence-electron chi connectivity index (χ0n) is 5.38. The quantitative estimate of drug-likeness (QED) is 0.333. The van der Waals surface area contributed by atoms with Crippen LogP contribution in [-0.4, -0.2) is 0 Å². The summed E-state index contributed by atoms with van der Waals surface area (Å²) in [6.07, 6.45) is 1.22. The van der Waals surface area contributed by atoms with E-state index in [0.717, 1.165) is 5.57 Å². The number of halogens is 1. The van der Waals surface area contributed by atoms with Gasteiger partial charge in [0.15, 0.2) is 0 Å². The van der Waals surface area contributed by atoms with Crippen molar-refractivity contribution in [2.24, 2.45) is 0 Å². The molecule has 0 aliphatic carbocycles. The van der Waals surface area contributed by atoms with Crippen LogP contribution in [0.1, 0.15) is 13.8 Å². The minimum absolute atomic E-state index is 0. The Kier molecular flexibility index (Phi) is 11.8. The van der Waals surface area contributed by atoms with Gasteiger partial charge in [-0.3, -0.25) is 5.73 Å². The fourth-order valence-electron chi connectivity index (χ4n) is 0.149. The molecule has 0 N–H and O–H groups in total. The largest absolute Gasteiger partial charge is 1.00 e. The van der Waals surface area contributed by atoms with E-state index in [9.17, 15) is 4.39 Å². The Balaban J connectivity index is 0. The Morgan fingerprint density at radius 3 is 2.12 bits per heavy atom. The van der Waals surface area contributed by atoms with Crippen molar-refractivity contribution in [1.82, 2.24) is 0 Å². The van der Waals surface area contributed by atoms with Crippen LogP contribution in [0.4, 0.5) is 4.39 Å². The third kappa shape index (κ3) is 10.1. The van der Waals surface area contributed by atoms with Gasteiger partial charge in [-0.1, -0.05) is 13.8 Å². The summed E-state index contributed by atoms with van der Waals surface area (Å²) < 4.78 is 10.9. The zero-order chi connectivity index (χ0) is 5.70. The van der Waals surface area contributed by atoms with Gasteiger partial charge in [-0.25, -0.2) is 0 Å². The van der Waals surface area contributed by atoms with E-state index in [4.69, 9.17) is 0 Å². The smallest absolute Gasteiger partial charge is 0.328 e. The van der Waals surface area contributed by atoms with Crippen LogP contribution in [-0.2, 0) is 0 Å². The van der Waals surface area contributed by atoms with Crippen LogP contribution in [0.15, 0.2) is 17.0 Å². The van der Waals surface area contributed by atoms with E-state index in [1.54, 1.807) is 0 Å². The summed E-state index contributed by atoms with van der Waals surface area (Å²) in [5, 5.41) is 0. The van der Waals surface area contributed by atoms with E-state index in [1.807, 2.05) is 19.6 Å². The van der Waals surface area contributed by atoms with Gasteiger partial charge < -0.3 is 10.1 Å². The van der Waals surface area contributed by atoms with E-state index in [1.165, 1.54) is 6.33 Å². The summed E-state index contributed by atoms with van der Waals surface area (Å²) in [4.78, 5) is 0. The van der Waals surface area contributed by atoms with E-state index in [-0.39, 0.29) is 58.2 Å². The molecule has 38 valence electrons. The van der Waals surface area contributed by atoms with Crippen LogP contribution in [0.25, 0.3) is 0 Å². The molecule has 0 aromatic carbocycles. The van der Waals surface area contributed by atoms with Crippen molar-refractivity contribution in [2.75, 3.05) is 0 Å². The van der Waals surface area contributed by atoms with Gasteiger partial charge in [0.2, 0.25) is 0 Å². The summed E-state index contributed by atoms with van der Waals surface area (Å²) in [6.45, 7) is 3.62. The van der Waals surface area contributed by atoms with Crippen molar-refractivity contribution in [1.29, 1.82) is 0 Å². The molecular weight excluding hydrogens is 177 g/mol. The summed E-state index contributed by atoms with van der Waals surface area (Å²) in [7, 11) is 0. The molecule has 0 atom stereocenters. The second-order valence-electron chi connectivity index (χ2n) is 1.34. The molecule has 0 rings (SSSR count). The molecule has 0 aliphatic rings. The first-order chi connectivity index (χ1) is 3.27. The molecule has 8 heavy (non-hydrogen) atoms. The van der Waals surface area contributed by atoms with Gasteiger partial charge in [0.25, 0.3) is 0 Å². The molecule has 2 heteroatoms. The number of hydrogen-bond acceptors (Lipinski definition) is 0. The van der Waals surface area contributed by atoms with Gasteiger partial charge in [0.1, 0.15) is 0 Å². The summed E-state index contributed by atoms with van der Waals surface area (Å²) >= 11 is 0. The molecule has 0 unspecified atom stereocenters. The van der Waals surface area contributed by atoms with Gasteiger partial charge in [0.05, 0.1) is 0 Å². The Morgan fingerprint density at radius 1 is 1.50 bits per heavy atom. The number of rotatable bonds is 0. The fourth-order valence-corrected chi connectivity index (χ4v) is 0.149. The van der Waals surface area contributed by atoms with Crippen LogP contribution < -0.4 is 58.2 Å². The van der Waals surface area contributed by atoms with Crippen molar-refractivity contribution in [3.63, 3.8) is 0 Å². The van der Waals surface area contributed by atoms with Crippen molar-refractivity contribution in [3.8, 4) is 0 Å². The molecule has 0 spiro atoms. The number of hydrogen-bond donors (Lipinski definition) is 0. The normalized spacial score (nSPS) is 5.38. The molecule has 0 radical (unpaired) electrons. The summed E-state index contributed by atoms with van der Waals surface area (Å²) in [5.41, 5.74) is 5.41. The van der Waals surface area contributed by atoms with Crippen LogP contribution in [0.3, 0.4) is 0 Å². The van der Waals surface area contributed by atoms with Crippen LogP contribution in [0.2, 0.25) is 0 Å². The maximum Gasteiger partial charge on any atom is 1.00 e. The van der Waals surface area contributed by atoms with Gasteiger partial charge in [0, 0.05) is 0 Å². The Bertz CT molecular complexity index is 133. The van der Waals surface area contributed by atoms with Crippen molar-refractivity contribution in [3.05, 3.63) is 23.4 Å². The predicted molar refractivity (Wildman–Crippen MR) is 26.2 cm³/mol. The Morgan fingerprint density at radius 2 is 2.00 bits per heavy atom. The standard InChI is InChI=1S/C6H6F.Rb/c1-6(2)4-3-5-7;/h1-2H3;/q-1;+1. The third-order valence-corrected chi connectivity index (χ3v) is 0.360. The monoisotopic (exact) mass is 182 g/mol. The van der Waals surface area contributed by atoms with Crippen molar-refractivity contribution < 1.29 is 62.6 Å². The second-order valence-corrected chi connectivity index (χ2v) is 1.34. The molecule has 0 fully saturated rings. The summed E-state index contributed by atoms with van der Waals surface area (Å²) in [5.74, 6) is 0. The van der Waals surface area contributed by atoms with Crippen molar-refractivity contribution in [2.45, 2.75) is 13.8 Å². The average molecular weight is 183 g/mol. The van der Waals surface area contributed by atoms with E-state index >= 15 is 0 Å². The average Bonchev–Trinajstić information content (AvgIpc) is 1.61. The molecule has 0 bridgehead atoms. The van der Waals surface area contributed by atoms with Crippen LogP contribution in [0, 0.1) is 6.33 Å². The van der Waals surface area contributed by atoms with Gasteiger partial charge in [-0.2, -0.15) is 0 Å². The first-order valence-corrected chi connectivity index (χ1v) is 1.94. The minimum Gasteiger partial charge on any atom is -0.328 e. The molecule has 0 saturated carbocycles. The Labute approximate surface area is 98.0 Å². The molecule has 0 heterocycles. The number of allylic oxidation sites excluding steroid dienone is 1. The molecular formula is C6H6FRb. The molecule has 0 saturated heterocycles. The van der Waals surface area contributed by atoms with E-state index in [2.05, 4.69) is 5.73 Å². The van der Waals surface area contributed by atoms with Gasteiger partial charge in [-0.15, -0.1) is 5.57 Å². The maximum atomic E-state index is 10.9. The SMILES string of the molecule is CC(C)=C=C=[C-]F.[Rb+]. The summed E-state index contributed by atoms with van der Waals surface area (Å²) in [6, 6.07) is 0. The topological polar surface area (TPSA) is 0 Å². The molecule has 0 amide bonds. The predicted octanol–water partition coefficient (Wildman–Crippen LogP) is -1.00. The Hall–Kier alpha value is 1.04. The minimum atomic E-state index is 0. The van der Waals surface area contributed by atoms with E-state index < -0.39 is 0 Å². The maximum absolute atomic E-state index is 10.9. The molecule has 0 nitrogen and oxygen atoms in total. The second kappa shape index (κ2) is 8.04. The molecule has 0 aliphatic heterocycles. The van der Waals surface area contributed by atoms with Crippen LogP contribution >= 0.6 is 0 Å². The fraction of sp³-hybridized carbons (Fsp3) is 0.333. The zero-order valence-corrected chi connectivity index (χ0v) is 10.3. The van der Waals surface area contributed by atoms with Gasteiger partial charge in [-0.05, 0) is 6.33 Å². The van der Waals surface area contributed by atoms with Gasteiger partial charge >= 0.3 is 58.2 Å². The van der Waals surface area contributed by atoms with Crippen molar-refractivity contribution >= 4 is 0 Å². The third-order valence-electron chi connectivity index (χ3n) is 0.360. The molecule has 0 aromatic rings. The first-order valence-electron chi connectivity index (χ1n) is 1.94. The molecule has 0 aromatic heterocycles. The first kappa shape index (κ1) is 11.8.